The molecule has 3 rings (SSSR count). The van der Waals surface area contributed by atoms with Gasteiger partial charge in [0.15, 0.2) is 9.84 Å². The van der Waals surface area contributed by atoms with Crippen LogP contribution in [0.4, 0.5) is 17.1 Å². The summed E-state index contributed by atoms with van der Waals surface area (Å²) >= 11 is 0. The molecule has 2 aromatic carbocycles. The summed E-state index contributed by atoms with van der Waals surface area (Å²) in [6.07, 6.45) is -0.202. The van der Waals surface area contributed by atoms with Crippen molar-refractivity contribution in [2.45, 2.75) is 25.5 Å². The van der Waals surface area contributed by atoms with Gasteiger partial charge in [-0.25, -0.2) is 8.42 Å². The van der Waals surface area contributed by atoms with Crippen LogP contribution < -0.4 is 16.0 Å². The van der Waals surface area contributed by atoms with Crippen LogP contribution in [0.3, 0.4) is 0 Å². The molecular formula is C20H25N3O4S. The maximum Gasteiger partial charge on any atom is 0.243 e. The number of carbonyl (C=O) groups is 1. The molecule has 8 heteroatoms. The van der Waals surface area contributed by atoms with Crippen molar-refractivity contribution in [3.05, 3.63) is 54.1 Å². The third kappa shape index (κ3) is 4.82. The molecule has 1 aliphatic rings. The molecule has 2 atom stereocenters. The standard InChI is InChI=1S/C20H25N3O4S/c1-2-14-4-3-5-16(10-14)22-20(25)11-23(17-8-6-15(21)7-9-17)18-12-28(26,27)13-19(18)24/h3-10,18-19,24H,2,11-13,21H2,1H3,(H,22,25). The van der Waals surface area contributed by atoms with Crippen molar-refractivity contribution >= 4 is 32.8 Å². The molecule has 1 amide bonds. The van der Waals surface area contributed by atoms with Crippen molar-refractivity contribution in [2.75, 3.05) is 34.0 Å². The first-order chi connectivity index (χ1) is 13.3. The van der Waals surface area contributed by atoms with E-state index in [1.165, 1.54) is 0 Å². The molecule has 28 heavy (non-hydrogen) atoms. The molecule has 0 saturated carbocycles. The average Bonchev–Trinajstić information content (AvgIpc) is 2.93. The molecule has 0 radical (unpaired) electrons. The number of sulfone groups is 1. The Hall–Kier alpha value is -2.58. The second-order valence-corrected chi connectivity index (χ2v) is 9.19. The molecule has 150 valence electrons. The Labute approximate surface area is 165 Å². The van der Waals surface area contributed by atoms with Crippen LogP contribution in [0.1, 0.15) is 12.5 Å². The molecule has 1 aliphatic heterocycles. The van der Waals surface area contributed by atoms with Crippen LogP contribution in [0, 0.1) is 0 Å². The van der Waals surface area contributed by atoms with E-state index in [0.29, 0.717) is 17.1 Å². The van der Waals surface area contributed by atoms with Gasteiger partial charge in [0.25, 0.3) is 0 Å². The first kappa shape index (κ1) is 20.2. The van der Waals surface area contributed by atoms with Gasteiger partial charge < -0.3 is 21.1 Å². The third-order valence-corrected chi connectivity index (χ3v) is 6.55. The number of hydrogen-bond acceptors (Lipinski definition) is 6. The van der Waals surface area contributed by atoms with E-state index < -0.39 is 22.0 Å². The van der Waals surface area contributed by atoms with Gasteiger partial charge in [-0.1, -0.05) is 19.1 Å². The summed E-state index contributed by atoms with van der Waals surface area (Å²) in [7, 11) is -3.36. The van der Waals surface area contributed by atoms with Crippen LogP contribution in [0.5, 0.6) is 0 Å². The maximum absolute atomic E-state index is 12.7. The zero-order chi connectivity index (χ0) is 20.3. The van der Waals surface area contributed by atoms with Crippen molar-refractivity contribution in [1.29, 1.82) is 0 Å². The predicted octanol–water partition coefficient (Wildman–Crippen LogP) is 1.43. The topological polar surface area (TPSA) is 113 Å². The minimum atomic E-state index is -3.36. The van der Waals surface area contributed by atoms with Crippen LogP contribution in [-0.4, -0.2) is 49.6 Å². The molecule has 0 aliphatic carbocycles. The number of nitrogens with zero attached hydrogens (tertiary/aromatic N) is 1. The fourth-order valence-corrected chi connectivity index (χ4v) is 5.20. The van der Waals surface area contributed by atoms with Crippen LogP contribution in [0.25, 0.3) is 0 Å². The molecular weight excluding hydrogens is 378 g/mol. The average molecular weight is 404 g/mol. The zero-order valence-corrected chi connectivity index (χ0v) is 16.5. The molecule has 0 aromatic heterocycles. The van der Waals surface area contributed by atoms with E-state index in [9.17, 15) is 18.3 Å². The SMILES string of the molecule is CCc1cccc(NC(=O)CN(c2ccc(N)cc2)C2CS(=O)(=O)CC2O)c1. The number of amides is 1. The van der Waals surface area contributed by atoms with Crippen molar-refractivity contribution in [3.8, 4) is 0 Å². The zero-order valence-electron chi connectivity index (χ0n) is 15.7. The fourth-order valence-electron chi connectivity index (χ4n) is 3.40. The van der Waals surface area contributed by atoms with Crippen LogP contribution in [-0.2, 0) is 21.1 Å². The monoisotopic (exact) mass is 403 g/mol. The number of nitrogens with two attached hydrogens (primary N) is 1. The number of rotatable bonds is 6. The van der Waals surface area contributed by atoms with Crippen molar-refractivity contribution < 1.29 is 18.3 Å². The summed E-state index contributed by atoms with van der Waals surface area (Å²) in [5.41, 5.74) is 8.71. The van der Waals surface area contributed by atoms with Gasteiger partial charge in [-0.3, -0.25) is 4.79 Å². The van der Waals surface area contributed by atoms with E-state index in [2.05, 4.69) is 5.32 Å². The quantitative estimate of drug-likeness (QED) is 0.629. The van der Waals surface area contributed by atoms with Gasteiger partial charge >= 0.3 is 0 Å². The number of carbonyl (C=O) groups excluding carboxylic acids is 1. The van der Waals surface area contributed by atoms with Crippen molar-refractivity contribution in [3.63, 3.8) is 0 Å². The van der Waals surface area contributed by atoms with Crippen molar-refractivity contribution in [2.24, 2.45) is 0 Å². The Morgan fingerprint density at radius 2 is 1.93 bits per heavy atom. The summed E-state index contributed by atoms with van der Waals surface area (Å²) in [4.78, 5) is 14.3. The van der Waals surface area contributed by atoms with E-state index >= 15 is 0 Å². The summed E-state index contributed by atoms with van der Waals surface area (Å²) in [5.74, 6) is -0.790. The fraction of sp³-hybridized carbons (Fsp3) is 0.350. The number of anilines is 3. The number of aliphatic hydroxyl groups excluding tert-OH is 1. The summed E-state index contributed by atoms with van der Waals surface area (Å²) in [6.45, 7) is 1.95. The maximum atomic E-state index is 12.7. The highest BCUT2D eigenvalue weighted by atomic mass is 32.2. The van der Waals surface area contributed by atoms with Crippen molar-refractivity contribution in [1.82, 2.24) is 0 Å². The Bertz CT molecular complexity index is 944. The lowest BCUT2D eigenvalue weighted by Crippen LogP contribution is -2.47. The van der Waals surface area contributed by atoms with Gasteiger partial charge in [-0.05, 0) is 48.4 Å². The third-order valence-electron chi connectivity index (χ3n) is 4.85. The van der Waals surface area contributed by atoms with Crippen LogP contribution in [0.15, 0.2) is 48.5 Å². The Morgan fingerprint density at radius 3 is 2.54 bits per heavy atom. The highest BCUT2D eigenvalue weighted by Crippen LogP contribution is 2.26. The van der Waals surface area contributed by atoms with Gasteiger partial charge in [0.05, 0.1) is 30.2 Å². The van der Waals surface area contributed by atoms with E-state index in [-0.39, 0.29) is 24.0 Å². The minimum absolute atomic E-state index is 0.0858. The van der Waals surface area contributed by atoms with E-state index in [4.69, 9.17) is 5.73 Å². The summed E-state index contributed by atoms with van der Waals surface area (Å²) < 4.78 is 24.0. The number of hydrogen-bond donors (Lipinski definition) is 3. The molecule has 2 unspecified atom stereocenters. The van der Waals surface area contributed by atoms with E-state index in [1.54, 1.807) is 35.2 Å². The van der Waals surface area contributed by atoms with Gasteiger partial charge in [0.1, 0.15) is 0 Å². The molecule has 0 spiro atoms. The van der Waals surface area contributed by atoms with Gasteiger partial charge in [0, 0.05) is 17.1 Å². The lowest BCUT2D eigenvalue weighted by molar-refractivity contribution is -0.115. The summed E-state index contributed by atoms with van der Waals surface area (Å²) in [6, 6.07) is 13.7. The molecule has 7 nitrogen and oxygen atoms in total. The second-order valence-electron chi connectivity index (χ2n) is 7.03. The lowest BCUT2D eigenvalue weighted by atomic mass is 10.1. The molecule has 4 N–H and O–H groups in total. The van der Waals surface area contributed by atoms with Gasteiger partial charge in [0.2, 0.25) is 5.91 Å². The smallest absolute Gasteiger partial charge is 0.243 e. The minimum Gasteiger partial charge on any atom is -0.399 e. The lowest BCUT2D eigenvalue weighted by Gasteiger charge is -2.31. The van der Waals surface area contributed by atoms with E-state index in [1.807, 2.05) is 25.1 Å². The second kappa shape index (κ2) is 8.20. The number of aryl methyl sites for hydroxylation is 1. The number of aliphatic hydroxyl groups is 1. The Kier molecular flexibility index (Phi) is 5.90. The first-order valence-corrected chi connectivity index (χ1v) is 11.0. The number of nitrogens with one attached hydrogen (secondary N) is 1. The van der Waals surface area contributed by atoms with Crippen LogP contribution >= 0.6 is 0 Å². The van der Waals surface area contributed by atoms with Crippen LogP contribution in [0.2, 0.25) is 0 Å². The highest BCUT2D eigenvalue weighted by Gasteiger charge is 2.40. The first-order valence-electron chi connectivity index (χ1n) is 9.17. The molecule has 0 bridgehead atoms. The van der Waals surface area contributed by atoms with Gasteiger partial charge in [-0.2, -0.15) is 0 Å². The Morgan fingerprint density at radius 1 is 1.21 bits per heavy atom. The molecule has 2 aromatic rings. The molecule has 1 heterocycles. The number of benzene rings is 2. The number of nitrogen functional groups attached to an aromatic ring is 1. The van der Waals surface area contributed by atoms with Gasteiger partial charge in [-0.15, -0.1) is 0 Å². The van der Waals surface area contributed by atoms with E-state index in [0.717, 1.165) is 12.0 Å². The highest BCUT2D eigenvalue weighted by molar-refractivity contribution is 7.91. The normalized spacial score (nSPS) is 20.6. The Balaban J connectivity index is 1.82. The molecule has 1 fully saturated rings. The summed E-state index contributed by atoms with van der Waals surface area (Å²) in [5, 5.41) is 13.2. The molecule has 1 saturated heterocycles. The predicted molar refractivity (Wildman–Crippen MR) is 111 cm³/mol. The largest absolute Gasteiger partial charge is 0.399 e.